The molecule has 0 spiro atoms. The van der Waals surface area contributed by atoms with Crippen molar-refractivity contribution in [2.24, 2.45) is 0 Å². The SMILES string of the molecule is COc1ccc2c(c1)C(C)(CCN(C)C(C)=O)CCC2. The average Bonchev–Trinajstić information content (AvgIpc) is 2.45. The van der Waals surface area contributed by atoms with Crippen LogP contribution in [0.1, 0.15) is 44.2 Å². The molecule has 0 saturated carbocycles. The lowest BCUT2D eigenvalue weighted by Crippen LogP contribution is -2.34. The number of rotatable bonds is 4. The molecule has 0 saturated heterocycles. The van der Waals surface area contributed by atoms with Crippen molar-refractivity contribution in [3.05, 3.63) is 29.3 Å². The summed E-state index contributed by atoms with van der Waals surface area (Å²) in [6.07, 6.45) is 4.55. The third-order valence-electron chi connectivity index (χ3n) is 4.68. The fraction of sp³-hybridized carbons (Fsp3) is 0.588. The standard InChI is InChI=1S/C17H25NO2/c1-13(19)18(3)11-10-17(2)9-5-6-14-7-8-15(20-4)12-16(14)17/h7-8,12H,5-6,9-11H2,1-4H3. The Kier molecular flexibility index (Phi) is 4.36. The fourth-order valence-electron chi connectivity index (χ4n) is 3.10. The molecular weight excluding hydrogens is 250 g/mol. The van der Waals surface area contributed by atoms with Crippen LogP contribution in [-0.4, -0.2) is 31.5 Å². The number of nitrogens with zero attached hydrogens (tertiary/aromatic N) is 1. The lowest BCUT2D eigenvalue weighted by molar-refractivity contribution is -0.127. The third-order valence-corrected chi connectivity index (χ3v) is 4.68. The molecule has 1 amide bonds. The molecule has 20 heavy (non-hydrogen) atoms. The highest BCUT2D eigenvalue weighted by Crippen LogP contribution is 2.41. The van der Waals surface area contributed by atoms with E-state index in [9.17, 15) is 4.79 Å². The van der Waals surface area contributed by atoms with Crippen molar-refractivity contribution in [3.63, 3.8) is 0 Å². The van der Waals surface area contributed by atoms with Gasteiger partial charge >= 0.3 is 0 Å². The van der Waals surface area contributed by atoms with E-state index in [1.807, 2.05) is 13.1 Å². The summed E-state index contributed by atoms with van der Waals surface area (Å²) in [5.41, 5.74) is 2.98. The number of aryl methyl sites for hydroxylation is 1. The van der Waals surface area contributed by atoms with E-state index in [-0.39, 0.29) is 11.3 Å². The molecule has 0 aromatic heterocycles. The van der Waals surface area contributed by atoms with Gasteiger partial charge in [0.25, 0.3) is 0 Å². The van der Waals surface area contributed by atoms with Crippen LogP contribution >= 0.6 is 0 Å². The highest BCUT2D eigenvalue weighted by molar-refractivity contribution is 5.72. The van der Waals surface area contributed by atoms with Crippen LogP contribution in [0.25, 0.3) is 0 Å². The number of hydrogen-bond acceptors (Lipinski definition) is 2. The molecule has 1 aromatic carbocycles. The molecule has 3 heteroatoms. The van der Waals surface area contributed by atoms with Crippen molar-refractivity contribution in [1.82, 2.24) is 4.90 Å². The van der Waals surface area contributed by atoms with E-state index in [0.29, 0.717) is 0 Å². The van der Waals surface area contributed by atoms with Crippen LogP contribution in [0.15, 0.2) is 18.2 Å². The van der Waals surface area contributed by atoms with Crippen molar-refractivity contribution < 1.29 is 9.53 Å². The summed E-state index contributed by atoms with van der Waals surface area (Å²) in [5, 5.41) is 0. The molecule has 3 nitrogen and oxygen atoms in total. The number of ether oxygens (including phenoxy) is 1. The lowest BCUT2D eigenvalue weighted by Gasteiger charge is -2.37. The summed E-state index contributed by atoms with van der Waals surface area (Å²) in [4.78, 5) is 13.2. The van der Waals surface area contributed by atoms with E-state index in [4.69, 9.17) is 4.74 Å². The van der Waals surface area contributed by atoms with Crippen LogP contribution in [0.4, 0.5) is 0 Å². The topological polar surface area (TPSA) is 29.5 Å². The molecule has 0 N–H and O–H groups in total. The maximum atomic E-state index is 11.4. The molecule has 1 unspecified atom stereocenters. The number of amides is 1. The van der Waals surface area contributed by atoms with Crippen LogP contribution in [0.3, 0.4) is 0 Å². The minimum Gasteiger partial charge on any atom is -0.497 e. The smallest absolute Gasteiger partial charge is 0.219 e. The lowest BCUT2D eigenvalue weighted by atomic mass is 9.69. The Morgan fingerprint density at radius 3 is 2.85 bits per heavy atom. The van der Waals surface area contributed by atoms with Gasteiger partial charge in [-0.05, 0) is 54.4 Å². The molecule has 0 heterocycles. The van der Waals surface area contributed by atoms with Gasteiger partial charge in [0, 0.05) is 20.5 Å². The predicted octanol–water partition coefficient (Wildman–Crippen LogP) is 3.16. The van der Waals surface area contributed by atoms with E-state index >= 15 is 0 Å². The van der Waals surface area contributed by atoms with E-state index < -0.39 is 0 Å². The molecule has 2 rings (SSSR count). The van der Waals surface area contributed by atoms with E-state index in [0.717, 1.165) is 25.1 Å². The van der Waals surface area contributed by atoms with E-state index in [1.165, 1.54) is 24.0 Å². The zero-order valence-corrected chi connectivity index (χ0v) is 13.0. The van der Waals surface area contributed by atoms with Gasteiger partial charge in [0.1, 0.15) is 5.75 Å². The predicted molar refractivity (Wildman–Crippen MR) is 81.2 cm³/mol. The second-order valence-electron chi connectivity index (χ2n) is 6.13. The zero-order chi connectivity index (χ0) is 14.8. The van der Waals surface area contributed by atoms with Crippen molar-refractivity contribution >= 4 is 5.91 Å². The second-order valence-corrected chi connectivity index (χ2v) is 6.13. The zero-order valence-electron chi connectivity index (χ0n) is 13.0. The number of benzene rings is 1. The number of methoxy groups -OCH3 is 1. The summed E-state index contributed by atoms with van der Waals surface area (Å²) >= 11 is 0. The molecule has 0 aliphatic heterocycles. The first kappa shape index (κ1) is 14.9. The highest BCUT2D eigenvalue weighted by atomic mass is 16.5. The van der Waals surface area contributed by atoms with E-state index in [2.05, 4.69) is 19.1 Å². The Labute approximate surface area is 121 Å². The monoisotopic (exact) mass is 275 g/mol. The van der Waals surface area contributed by atoms with Gasteiger partial charge in [0.2, 0.25) is 5.91 Å². The van der Waals surface area contributed by atoms with Crippen molar-refractivity contribution in [3.8, 4) is 5.75 Å². The molecule has 110 valence electrons. The Morgan fingerprint density at radius 2 is 2.20 bits per heavy atom. The Hall–Kier alpha value is -1.51. The van der Waals surface area contributed by atoms with Gasteiger partial charge in [-0.25, -0.2) is 0 Å². The van der Waals surface area contributed by atoms with Crippen molar-refractivity contribution in [1.29, 1.82) is 0 Å². The Balaban J connectivity index is 2.22. The number of carbonyl (C=O) groups is 1. The van der Waals surface area contributed by atoms with Crippen LogP contribution in [0, 0.1) is 0 Å². The summed E-state index contributed by atoms with van der Waals surface area (Å²) < 4.78 is 5.37. The van der Waals surface area contributed by atoms with Gasteiger partial charge in [0.15, 0.2) is 0 Å². The van der Waals surface area contributed by atoms with Crippen LogP contribution in [0.5, 0.6) is 5.75 Å². The van der Waals surface area contributed by atoms with E-state index in [1.54, 1.807) is 18.9 Å². The first-order chi connectivity index (χ1) is 9.46. The first-order valence-electron chi connectivity index (χ1n) is 7.35. The molecule has 0 bridgehead atoms. The fourth-order valence-corrected chi connectivity index (χ4v) is 3.10. The largest absolute Gasteiger partial charge is 0.497 e. The van der Waals surface area contributed by atoms with Gasteiger partial charge in [0.05, 0.1) is 7.11 Å². The molecule has 0 radical (unpaired) electrons. The second kappa shape index (κ2) is 5.86. The highest BCUT2D eigenvalue weighted by Gasteiger charge is 2.32. The van der Waals surface area contributed by atoms with Gasteiger partial charge < -0.3 is 9.64 Å². The number of fused-ring (bicyclic) bond motifs is 1. The maximum absolute atomic E-state index is 11.4. The van der Waals surface area contributed by atoms with Gasteiger partial charge in [-0.15, -0.1) is 0 Å². The molecule has 1 aromatic rings. The minimum atomic E-state index is 0.135. The third kappa shape index (κ3) is 2.97. The normalized spacial score (nSPS) is 21.2. The molecule has 1 aliphatic carbocycles. The van der Waals surface area contributed by atoms with Gasteiger partial charge in [-0.2, -0.15) is 0 Å². The summed E-state index contributed by atoms with van der Waals surface area (Å²) in [6, 6.07) is 6.43. The van der Waals surface area contributed by atoms with Crippen LogP contribution in [0.2, 0.25) is 0 Å². The average molecular weight is 275 g/mol. The van der Waals surface area contributed by atoms with Crippen LogP contribution in [-0.2, 0) is 16.6 Å². The summed E-state index contributed by atoms with van der Waals surface area (Å²) in [7, 11) is 3.59. The van der Waals surface area contributed by atoms with Crippen LogP contribution < -0.4 is 4.74 Å². The molecular formula is C17H25NO2. The van der Waals surface area contributed by atoms with Gasteiger partial charge in [-0.1, -0.05) is 13.0 Å². The molecule has 0 fully saturated rings. The maximum Gasteiger partial charge on any atom is 0.219 e. The first-order valence-corrected chi connectivity index (χ1v) is 7.35. The quantitative estimate of drug-likeness (QED) is 0.844. The molecule has 1 aliphatic rings. The van der Waals surface area contributed by atoms with Crippen molar-refractivity contribution in [2.45, 2.75) is 44.9 Å². The summed E-state index contributed by atoms with van der Waals surface area (Å²) in [5.74, 6) is 1.06. The number of hydrogen-bond donors (Lipinski definition) is 0. The van der Waals surface area contributed by atoms with Gasteiger partial charge in [-0.3, -0.25) is 4.79 Å². The minimum absolute atomic E-state index is 0.135. The Bertz CT molecular complexity index is 498. The Morgan fingerprint density at radius 1 is 1.45 bits per heavy atom. The number of carbonyl (C=O) groups excluding carboxylic acids is 1. The van der Waals surface area contributed by atoms with Crippen molar-refractivity contribution in [2.75, 3.05) is 20.7 Å². The summed E-state index contributed by atoms with van der Waals surface area (Å²) in [6.45, 7) is 4.75. The molecule has 1 atom stereocenters.